The number of hydrogen-bond donors (Lipinski definition) is 0. The highest BCUT2D eigenvalue weighted by Gasteiger charge is 2.19. The van der Waals surface area contributed by atoms with E-state index < -0.39 is 0 Å². The van der Waals surface area contributed by atoms with Crippen LogP contribution in [0.15, 0.2) is 42.5 Å². The van der Waals surface area contributed by atoms with Crippen molar-refractivity contribution >= 4 is 0 Å². The third kappa shape index (κ3) is 2.91. The van der Waals surface area contributed by atoms with Crippen LogP contribution in [0.3, 0.4) is 0 Å². The molecule has 0 amide bonds. The van der Waals surface area contributed by atoms with E-state index in [4.69, 9.17) is 0 Å². The maximum absolute atomic E-state index is 13.0. The number of nitrogens with zero attached hydrogens (tertiary/aromatic N) is 1. The molecule has 20 heavy (non-hydrogen) atoms. The highest BCUT2D eigenvalue weighted by atomic mass is 19.1. The Hall–Kier alpha value is -1.67. The van der Waals surface area contributed by atoms with Crippen LogP contribution in [0.5, 0.6) is 0 Å². The second-order valence-corrected chi connectivity index (χ2v) is 5.64. The number of rotatable bonds is 2. The summed E-state index contributed by atoms with van der Waals surface area (Å²) in [6, 6.07) is 16.4. The monoisotopic (exact) mass is 268 g/mol. The molecule has 0 saturated heterocycles. The summed E-state index contributed by atoms with van der Waals surface area (Å²) in [6.45, 7) is 5.26. The van der Waals surface area contributed by atoms with E-state index in [1.807, 2.05) is 18.2 Å². The molecule has 0 N–H and O–H groups in total. The molecule has 103 valence electrons. The van der Waals surface area contributed by atoms with E-state index >= 15 is 0 Å². The molecule has 0 aromatic heterocycles. The Morgan fingerprint density at radius 2 is 2.05 bits per heavy atom. The van der Waals surface area contributed by atoms with Crippen molar-refractivity contribution in [3.63, 3.8) is 0 Å². The molecule has 1 heterocycles. The van der Waals surface area contributed by atoms with Crippen LogP contribution >= 0.6 is 0 Å². The molecule has 0 fully saturated rings. The van der Waals surface area contributed by atoms with Gasteiger partial charge in [0.15, 0.2) is 0 Å². The molecule has 0 aliphatic carbocycles. The van der Waals surface area contributed by atoms with Crippen molar-refractivity contribution in [3.05, 3.63) is 71.0 Å². The second-order valence-electron chi connectivity index (χ2n) is 5.64. The molecule has 1 radical (unpaired) electrons. The summed E-state index contributed by atoms with van der Waals surface area (Å²) in [5, 5.41) is 0. The lowest BCUT2D eigenvalue weighted by Crippen LogP contribution is -2.27. The van der Waals surface area contributed by atoms with Gasteiger partial charge in [-0.2, -0.15) is 0 Å². The summed E-state index contributed by atoms with van der Waals surface area (Å²) < 4.78 is 13.0. The molecule has 3 rings (SSSR count). The smallest absolute Gasteiger partial charge is 0.123 e. The summed E-state index contributed by atoms with van der Waals surface area (Å²) in [7, 11) is 0. The Kier molecular flexibility index (Phi) is 3.83. The molecule has 1 aliphatic rings. The Labute approximate surface area is 120 Å². The summed E-state index contributed by atoms with van der Waals surface area (Å²) >= 11 is 0. The van der Waals surface area contributed by atoms with E-state index in [0.717, 1.165) is 26.1 Å². The largest absolute Gasteiger partial charge is 0.298 e. The predicted octanol–water partition coefficient (Wildman–Crippen LogP) is 3.79. The normalized spacial score (nSPS) is 19.4. The van der Waals surface area contributed by atoms with E-state index in [-0.39, 0.29) is 5.82 Å². The molecular weight excluding hydrogens is 249 g/mol. The molecule has 2 heteroatoms. The van der Waals surface area contributed by atoms with Gasteiger partial charge in [0.2, 0.25) is 0 Å². The number of halogens is 1. The van der Waals surface area contributed by atoms with Crippen molar-refractivity contribution in [2.24, 2.45) is 0 Å². The maximum atomic E-state index is 13.0. The molecule has 1 atom stereocenters. The topological polar surface area (TPSA) is 3.24 Å². The van der Waals surface area contributed by atoms with Crippen molar-refractivity contribution in [1.82, 2.24) is 4.90 Å². The maximum Gasteiger partial charge on any atom is 0.123 e. The van der Waals surface area contributed by atoms with Crippen LogP contribution in [0.2, 0.25) is 0 Å². The Balaban J connectivity index is 1.73. The van der Waals surface area contributed by atoms with E-state index in [9.17, 15) is 4.39 Å². The van der Waals surface area contributed by atoms with E-state index in [1.54, 1.807) is 12.1 Å². The number of benzene rings is 2. The average Bonchev–Trinajstić information content (AvgIpc) is 2.62. The molecule has 0 spiro atoms. The highest BCUT2D eigenvalue weighted by Crippen LogP contribution is 2.25. The van der Waals surface area contributed by atoms with Gasteiger partial charge in [0, 0.05) is 19.6 Å². The highest BCUT2D eigenvalue weighted by molar-refractivity contribution is 5.31. The van der Waals surface area contributed by atoms with E-state index in [0.29, 0.717) is 5.92 Å². The van der Waals surface area contributed by atoms with Gasteiger partial charge >= 0.3 is 0 Å². The van der Waals surface area contributed by atoms with Gasteiger partial charge in [0.1, 0.15) is 5.82 Å². The standard InChI is InChI=1S/C18H19FN/c1-14-12-20(13-15-6-8-17(19)9-7-15)11-10-16-4-2-3-5-18(14)16/h2,4-9,14H,10-13H2,1H3. The van der Waals surface area contributed by atoms with Gasteiger partial charge in [-0.25, -0.2) is 4.39 Å². The first-order chi connectivity index (χ1) is 9.72. The molecule has 1 nitrogen and oxygen atoms in total. The van der Waals surface area contributed by atoms with Crippen LogP contribution in [0.4, 0.5) is 4.39 Å². The zero-order chi connectivity index (χ0) is 13.9. The van der Waals surface area contributed by atoms with Gasteiger partial charge in [0.25, 0.3) is 0 Å². The van der Waals surface area contributed by atoms with Crippen molar-refractivity contribution in [1.29, 1.82) is 0 Å². The SMILES string of the molecule is CC1CN(Cc2ccc(F)cc2)CCc2cc[c]cc21. The van der Waals surface area contributed by atoms with Crippen LogP contribution in [0.1, 0.15) is 29.5 Å². The Morgan fingerprint density at radius 3 is 2.85 bits per heavy atom. The fraction of sp³-hybridized carbons (Fsp3) is 0.333. The van der Waals surface area contributed by atoms with Gasteiger partial charge in [-0.1, -0.05) is 37.3 Å². The van der Waals surface area contributed by atoms with Crippen molar-refractivity contribution in [2.45, 2.75) is 25.8 Å². The third-order valence-corrected chi connectivity index (χ3v) is 4.07. The van der Waals surface area contributed by atoms with Gasteiger partial charge in [-0.3, -0.25) is 4.90 Å². The fourth-order valence-electron chi connectivity index (χ4n) is 3.01. The summed E-state index contributed by atoms with van der Waals surface area (Å²) in [5.41, 5.74) is 4.04. The minimum absolute atomic E-state index is 0.166. The lowest BCUT2D eigenvalue weighted by atomic mass is 9.95. The molecule has 2 aromatic carbocycles. The summed E-state index contributed by atoms with van der Waals surface area (Å²) in [6.07, 6.45) is 1.08. The summed E-state index contributed by atoms with van der Waals surface area (Å²) in [4.78, 5) is 2.46. The van der Waals surface area contributed by atoms with E-state index in [2.05, 4.69) is 30.0 Å². The van der Waals surface area contributed by atoms with Crippen molar-refractivity contribution in [2.75, 3.05) is 13.1 Å². The lowest BCUT2D eigenvalue weighted by Gasteiger charge is -2.22. The van der Waals surface area contributed by atoms with Crippen molar-refractivity contribution < 1.29 is 4.39 Å². The van der Waals surface area contributed by atoms with Gasteiger partial charge in [-0.15, -0.1) is 0 Å². The first-order valence-electron chi connectivity index (χ1n) is 7.18. The number of hydrogen-bond acceptors (Lipinski definition) is 1. The molecule has 0 bridgehead atoms. The summed E-state index contributed by atoms with van der Waals surface area (Å²) in [5.74, 6) is 0.353. The first kappa shape index (κ1) is 13.3. The van der Waals surface area contributed by atoms with Gasteiger partial charge in [-0.05, 0) is 47.2 Å². The van der Waals surface area contributed by atoms with Crippen LogP contribution < -0.4 is 0 Å². The molecular formula is C18H19FN. The zero-order valence-electron chi connectivity index (χ0n) is 11.8. The van der Waals surface area contributed by atoms with Crippen LogP contribution in [0.25, 0.3) is 0 Å². The first-order valence-corrected chi connectivity index (χ1v) is 7.18. The van der Waals surface area contributed by atoms with Gasteiger partial charge in [0.05, 0.1) is 0 Å². The van der Waals surface area contributed by atoms with Crippen LogP contribution in [-0.2, 0) is 13.0 Å². The second kappa shape index (κ2) is 5.76. The van der Waals surface area contributed by atoms with Gasteiger partial charge < -0.3 is 0 Å². The molecule has 1 unspecified atom stereocenters. The molecule has 1 aliphatic heterocycles. The van der Waals surface area contributed by atoms with Crippen LogP contribution in [-0.4, -0.2) is 18.0 Å². The Bertz CT molecular complexity index is 576. The quantitative estimate of drug-likeness (QED) is 0.801. The number of fused-ring (bicyclic) bond motifs is 1. The minimum Gasteiger partial charge on any atom is -0.298 e. The Morgan fingerprint density at radius 1 is 1.25 bits per heavy atom. The molecule has 0 saturated carbocycles. The van der Waals surface area contributed by atoms with E-state index in [1.165, 1.54) is 16.7 Å². The van der Waals surface area contributed by atoms with Crippen molar-refractivity contribution in [3.8, 4) is 0 Å². The predicted molar refractivity (Wildman–Crippen MR) is 79.1 cm³/mol. The lowest BCUT2D eigenvalue weighted by molar-refractivity contribution is 0.264. The zero-order valence-corrected chi connectivity index (χ0v) is 11.8. The third-order valence-electron chi connectivity index (χ3n) is 4.07. The minimum atomic E-state index is -0.166. The molecule has 2 aromatic rings. The van der Waals surface area contributed by atoms with Crippen LogP contribution in [0, 0.1) is 11.9 Å². The fourth-order valence-corrected chi connectivity index (χ4v) is 3.01. The average molecular weight is 268 g/mol.